The first-order chi connectivity index (χ1) is 8.36. The second-order valence-corrected chi connectivity index (χ2v) is 4.32. The van der Waals surface area contributed by atoms with Crippen LogP contribution in [-0.2, 0) is 0 Å². The summed E-state index contributed by atoms with van der Waals surface area (Å²) in [6.45, 7) is 8.55. The van der Waals surface area contributed by atoms with E-state index in [-0.39, 0.29) is 0 Å². The van der Waals surface area contributed by atoms with Gasteiger partial charge >= 0.3 is 0 Å². The highest BCUT2D eigenvalue weighted by atomic mass is 15.0. The molecule has 1 unspecified atom stereocenters. The highest BCUT2D eigenvalue weighted by molar-refractivity contribution is 5.18. The van der Waals surface area contributed by atoms with Crippen LogP contribution in [0.3, 0.4) is 0 Å². The second-order valence-electron chi connectivity index (χ2n) is 4.32. The van der Waals surface area contributed by atoms with Gasteiger partial charge in [0, 0.05) is 12.1 Å². The Bertz CT molecular complexity index is 278. The summed E-state index contributed by atoms with van der Waals surface area (Å²) >= 11 is 0. The molecule has 96 valence electrons. The Morgan fingerprint density at radius 1 is 1.12 bits per heavy atom. The Balaban J connectivity index is 0.000000686. The maximum absolute atomic E-state index is 3.70. The minimum atomic E-state index is 0.467. The van der Waals surface area contributed by atoms with Crippen LogP contribution in [0.25, 0.3) is 0 Å². The lowest BCUT2D eigenvalue weighted by atomic mass is 10.0. The molecule has 2 nitrogen and oxygen atoms in total. The number of hydrogen-bond donors (Lipinski definition) is 2. The van der Waals surface area contributed by atoms with Crippen molar-refractivity contribution < 1.29 is 0 Å². The molecule has 0 bridgehead atoms. The van der Waals surface area contributed by atoms with Gasteiger partial charge in [0.2, 0.25) is 0 Å². The quantitative estimate of drug-likeness (QED) is 0.839. The lowest BCUT2D eigenvalue weighted by Crippen LogP contribution is -2.40. The van der Waals surface area contributed by atoms with E-state index >= 15 is 0 Å². The van der Waals surface area contributed by atoms with E-state index in [9.17, 15) is 0 Å². The number of rotatable bonds is 3. The van der Waals surface area contributed by atoms with Crippen LogP contribution in [0.2, 0.25) is 0 Å². The summed E-state index contributed by atoms with van der Waals surface area (Å²) < 4.78 is 0. The van der Waals surface area contributed by atoms with Crippen LogP contribution in [-0.4, -0.2) is 19.1 Å². The zero-order valence-electron chi connectivity index (χ0n) is 11.4. The van der Waals surface area contributed by atoms with E-state index in [4.69, 9.17) is 0 Å². The van der Waals surface area contributed by atoms with Crippen LogP contribution in [0.5, 0.6) is 0 Å². The third kappa shape index (κ3) is 4.88. The zero-order chi connectivity index (χ0) is 12.5. The van der Waals surface area contributed by atoms with Gasteiger partial charge in [-0.1, -0.05) is 44.2 Å². The maximum atomic E-state index is 3.70. The van der Waals surface area contributed by atoms with E-state index < -0.39 is 0 Å². The molecule has 1 aromatic carbocycles. The van der Waals surface area contributed by atoms with Gasteiger partial charge < -0.3 is 10.6 Å². The summed E-state index contributed by atoms with van der Waals surface area (Å²) in [6.07, 6.45) is 2.49. The van der Waals surface area contributed by atoms with E-state index in [1.54, 1.807) is 0 Å². The monoisotopic (exact) mass is 234 g/mol. The molecule has 0 spiro atoms. The molecule has 0 radical (unpaired) electrons. The van der Waals surface area contributed by atoms with Crippen LogP contribution < -0.4 is 10.6 Å². The van der Waals surface area contributed by atoms with Crippen LogP contribution in [0.1, 0.15) is 45.2 Å². The molecule has 1 saturated heterocycles. The van der Waals surface area contributed by atoms with Crippen molar-refractivity contribution in [2.24, 2.45) is 0 Å². The normalized spacial score (nSPS) is 18.1. The molecule has 1 aliphatic heterocycles. The fourth-order valence-electron chi connectivity index (χ4n) is 2.18. The third-order valence-corrected chi connectivity index (χ3v) is 3.12. The highest BCUT2D eigenvalue weighted by Crippen LogP contribution is 2.14. The molecule has 0 aliphatic carbocycles. The molecule has 0 aromatic heterocycles. The molecule has 17 heavy (non-hydrogen) atoms. The van der Waals surface area contributed by atoms with Crippen molar-refractivity contribution in [3.8, 4) is 0 Å². The molecule has 1 fully saturated rings. The summed E-state index contributed by atoms with van der Waals surface area (Å²) in [4.78, 5) is 0. The second kappa shape index (κ2) is 8.26. The Hall–Kier alpha value is -0.860. The molecule has 1 atom stereocenters. The van der Waals surface area contributed by atoms with Crippen molar-refractivity contribution >= 4 is 0 Å². The first-order valence-electron chi connectivity index (χ1n) is 6.88. The zero-order valence-corrected chi connectivity index (χ0v) is 11.4. The van der Waals surface area contributed by atoms with Gasteiger partial charge in [-0.2, -0.15) is 0 Å². The van der Waals surface area contributed by atoms with Crippen LogP contribution >= 0.6 is 0 Å². The Kier molecular flexibility index (Phi) is 6.90. The minimum Gasteiger partial charge on any atom is -0.317 e. The lowest BCUT2D eigenvalue weighted by molar-refractivity contribution is 0.359. The van der Waals surface area contributed by atoms with Crippen LogP contribution in [0, 0.1) is 0 Å². The fourth-order valence-corrected chi connectivity index (χ4v) is 2.18. The first-order valence-corrected chi connectivity index (χ1v) is 6.88. The molecular formula is C15H26N2. The number of nitrogens with one attached hydrogen (secondary N) is 2. The smallest absolute Gasteiger partial charge is 0.0294 e. The maximum Gasteiger partial charge on any atom is 0.0294 e. The Morgan fingerprint density at radius 2 is 1.71 bits per heavy atom. The van der Waals surface area contributed by atoms with Crippen molar-refractivity contribution in [1.82, 2.24) is 10.6 Å². The molecule has 2 N–H and O–H groups in total. The predicted molar refractivity (Wildman–Crippen MR) is 75.2 cm³/mol. The van der Waals surface area contributed by atoms with E-state index in [1.807, 2.05) is 13.8 Å². The SMILES string of the molecule is CC.CC(NC1CCNCC1)c1ccccc1. The van der Waals surface area contributed by atoms with Gasteiger partial charge in [0.05, 0.1) is 0 Å². The van der Waals surface area contributed by atoms with E-state index in [2.05, 4.69) is 47.9 Å². The van der Waals surface area contributed by atoms with Crippen LogP contribution in [0.15, 0.2) is 30.3 Å². The van der Waals surface area contributed by atoms with Gasteiger partial charge in [0.25, 0.3) is 0 Å². The third-order valence-electron chi connectivity index (χ3n) is 3.12. The first kappa shape index (κ1) is 14.2. The number of hydrogen-bond acceptors (Lipinski definition) is 2. The molecule has 1 aliphatic rings. The standard InChI is InChI=1S/C13H20N2.C2H6/c1-11(12-5-3-2-4-6-12)15-13-7-9-14-10-8-13;1-2/h2-6,11,13-15H,7-10H2,1H3;1-2H3. The van der Waals surface area contributed by atoms with Crippen molar-refractivity contribution in [2.75, 3.05) is 13.1 Å². The molecule has 1 aromatic rings. The molecule has 1 heterocycles. The van der Waals surface area contributed by atoms with Gasteiger partial charge in [0.15, 0.2) is 0 Å². The minimum absolute atomic E-state index is 0.467. The lowest BCUT2D eigenvalue weighted by Gasteiger charge is -2.27. The van der Waals surface area contributed by atoms with E-state index in [0.717, 1.165) is 13.1 Å². The van der Waals surface area contributed by atoms with E-state index in [0.29, 0.717) is 12.1 Å². The van der Waals surface area contributed by atoms with Crippen molar-refractivity contribution in [2.45, 2.75) is 45.7 Å². The van der Waals surface area contributed by atoms with Gasteiger partial charge in [-0.15, -0.1) is 0 Å². The van der Waals surface area contributed by atoms with Crippen molar-refractivity contribution in [1.29, 1.82) is 0 Å². The molecule has 0 saturated carbocycles. The van der Waals surface area contributed by atoms with Gasteiger partial charge in [-0.05, 0) is 38.4 Å². The molecule has 2 heteroatoms. The Morgan fingerprint density at radius 3 is 2.29 bits per heavy atom. The number of benzene rings is 1. The summed E-state index contributed by atoms with van der Waals surface area (Å²) in [7, 11) is 0. The topological polar surface area (TPSA) is 24.1 Å². The fraction of sp³-hybridized carbons (Fsp3) is 0.600. The van der Waals surface area contributed by atoms with Gasteiger partial charge in [-0.3, -0.25) is 0 Å². The van der Waals surface area contributed by atoms with Gasteiger partial charge in [-0.25, -0.2) is 0 Å². The average Bonchev–Trinajstić information content (AvgIpc) is 2.43. The predicted octanol–water partition coefficient (Wildman–Crippen LogP) is 3.12. The summed E-state index contributed by atoms with van der Waals surface area (Å²) in [5, 5.41) is 7.08. The summed E-state index contributed by atoms with van der Waals surface area (Å²) in [5.41, 5.74) is 1.39. The highest BCUT2D eigenvalue weighted by Gasteiger charge is 2.15. The molecule has 2 rings (SSSR count). The van der Waals surface area contributed by atoms with Crippen molar-refractivity contribution in [3.63, 3.8) is 0 Å². The van der Waals surface area contributed by atoms with Crippen molar-refractivity contribution in [3.05, 3.63) is 35.9 Å². The van der Waals surface area contributed by atoms with Gasteiger partial charge in [0.1, 0.15) is 0 Å². The van der Waals surface area contributed by atoms with Crippen LogP contribution in [0.4, 0.5) is 0 Å². The molecule has 0 amide bonds. The van der Waals surface area contributed by atoms with E-state index in [1.165, 1.54) is 18.4 Å². The summed E-state index contributed by atoms with van der Waals surface area (Å²) in [6, 6.07) is 11.8. The summed E-state index contributed by atoms with van der Waals surface area (Å²) in [5.74, 6) is 0. The average molecular weight is 234 g/mol. The molecular weight excluding hydrogens is 208 g/mol. The Labute approximate surface area is 106 Å². The number of piperidine rings is 1. The largest absolute Gasteiger partial charge is 0.317 e.